The van der Waals surface area contributed by atoms with Gasteiger partial charge in [0.05, 0.1) is 6.61 Å². The molecule has 0 aliphatic carbocycles. The van der Waals surface area contributed by atoms with E-state index in [1.54, 1.807) is 0 Å². The molecule has 1 amide bonds. The zero-order valence-electron chi connectivity index (χ0n) is 16.9. The molecule has 0 saturated carbocycles. The lowest BCUT2D eigenvalue weighted by Gasteiger charge is -2.22. The molecule has 2 rings (SSSR count). The molecule has 0 atom stereocenters. The van der Waals surface area contributed by atoms with Crippen molar-refractivity contribution in [1.29, 1.82) is 0 Å². The molecule has 0 aliphatic heterocycles. The molecular formula is C23H31NO3. The van der Waals surface area contributed by atoms with E-state index in [-0.39, 0.29) is 17.9 Å². The Kier molecular flexibility index (Phi) is 7.71. The van der Waals surface area contributed by atoms with E-state index in [4.69, 9.17) is 9.47 Å². The van der Waals surface area contributed by atoms with Gasteiger partial charge >= 0.3 is 0 Å². The number of ether oxygens (including phenoxy) is 2. The second-order valence-corrected chi connectivity index (χ2v) is 7.53. The molecule has 0 aliphatic rings. The summed E-state index contributed by atoms with van der Waals surface area (Å²) in [5, 5.41) is 2.93. The smallest absolute Gasteiger partial charge is 0.257 e. The van der Waals surface area contributed by atoms with E-state index in [1.807, 2.05) is 49.4 Å². The summed E-state index contributed by atoms with van der Waals surface area (Å²) in [5.41, 5.74) is 2.25. The van der Waals surface area contributed by atoms with Gasteiger partial charge in [-0.25, -0.2) is 0 Å². The molecule has 0 heterocycles. The van der Waals surface area contributed by atoms with Crippen LogP contribution in [0.1, 0.15) is 45.2 Å². The Morgan fingerprint density at radius 1 is 0.963 bits per heavy atom. The van der Waals surface area contributed by atoms with Crippen LogP contribution >= 0.6 is 0 Å². The molecule has 0 aromatic heterocycles. The van der Waals surface area contributed by atoms with Crippen LogP contribution in [0.5, 0.6) is 11.5 Å². The Morgan fingerprint density at radius 2 is 1.63 bits per heavy atom. The molecular weight excluding hydrogens is 338 g/mol. The van der Waals surface area contributed by atoms with E-state index in [1.165, 1.54) is 5.56 Å². The predicted molar refractivity (Wildman–Crippen MR) is 110 cm³/mol. The van der Waals surface area contributed by atoms with Gasteiger partial charge in [0.15, 0.2) is 6.61 Å². The second kappa shape index (κ2) is 10.0. The first-order chi connectivity index (χ1) is 12.9. The number of hydrogen-bond donors (Lipinski definition) is 1. The number of hydrogen-bond acceptors (Lipinski definition) is 3. The lowest BCUT2D eigenvalue weighted by Crippen LogP contribution is -2.30. The monoisotopic (exact) mass is 369 g/mol. The Hall–Kier alpha value is -2.49. The molecule has 146 valence electrons. The maximum atomic E-state index is 12.1. The summed E-state index contributed by atoms with van der Waals surface area (Å²) in [5.74, 6) is 1.59. The van der Waals surface area contributed by atoms with Gasteiger partial charge in [0, 0.05) is 6.54 Å². The minimum atomic E-state index is -0.100. The number of carbonyl (C=O) groups excluding carboxylic acids is 1. The van der Waals surface area contributed by atoms with Crippen molar-refractivity contribution in [3.63, 3.8) is 0 Å². The average molecular weight is 370 g/mol. The summed E-state index contributed by atoms with van der Waals surface area (Å²) >= 11 is 0. The molecule has 27 heavy (non-hydrogen) atoms. The summed E-state index contributed by atoms with van der Waals surface area (Å²) < 4.78 is 11.4. The van der Waals surface area contributed by atoms with E-state index in [0.29, 0.717) is 13.2 Å². The molecule has 0 unspecified atom stereocenters. The first kappa shape index (κ1) is 20.8. The largest absolute Gasteiger partial charge is 0.494 e. The summed E-state index contributed by atoms with van der Waals surface area (Å²) in [6.45, 7) is 9.68. The summed E-state index contributed by atoms with van der Waals surface area (Å²) in [7, 11) is 0. The van der Waals surface area contributed by atoms with Crippen LogP contribution in [0.4, 0.5) is 0 Å². The van der Waals surface area contributed by atoms with Gasteiger partial charge in [-0.3, -0.25) is 4.79 Å². The summed E-state index contributed by atoms with van der Waals surface area (Å²) in [4.78, 5) is 12.1. The Morgan fingerprint density at radius 3 is 2.33 bits per heavy atom. The minimum Gasteiger partial charge on any atom is -0.494 e. The van der Waals surface area contributed by atoms with Crippen LogP contribution in [-0.2, 0) is 16.6 Å². The first-order valence-electron chi connectivity index (χ1n) is 9.61. The van der Waals surface area contributed by atoms with Crippen molar-refractivity contribution in [3.05, 3.63) is 59.7 Å². The fraction of sp³-hybridized carbons (Fsp3) is 0.435. The summed E-state index contributed by atoms with van der Waals surface area (Å²) in [6, 6.07) is 15.9. The SMILES string of the molecule is CCOc1ccccc1CCCNC(=O)COc1ccccc1C(C)(C)C. The standard InChI is InChI=1S/C23H31NO3/c1-5-26-20-14-8-6-11-18(20)12-10-16-24-22(25)17-27-21-15-9-7-13-19(21)23(2,3)4/h6-9,11,13-15H,5,10,12,16-17H2,1-4H3,(H,24,25). The Bertz CT molecular complexity index is 734. The Labute approximate surface area is 162 Å². The van der Waals surface area contributed by atoms with Crippen LogP contribution in [-0.4, -0.2) is 25.7 Å². The van der Waals surface area contributed by atoms with Crippen molar-refractivity contribution in [2.24, 2.45) is 0 Å². The Balaban J connectivity index is 1.77. The highest BCUT2D eigenvalue weighted by atomic mass is 16.5. The van der Waals surface area contributed by atoms with E-state index < -0.39 is 0 Å². The van der Waals surface area contributed by atoms with Crippen LogP contribution in [0.2, 0.25) is 0 Å². The third-order valence-electron chi connectivity index (χ3n) is 4.27. The fourth-order valence-electron chi connectivity index (χ4n) is 2.92. The van der Waals surface area contributed by atoms with Gasteiger partial charge in [-0.2, -0.15) is 0 Å². The molecule has 0 radical (unpaired) electrons. The highest BCUT2D eigenvalue weighted by molar-refractivity contribution is 5.77. The highest BCUT2D eigenvalue weighted by Gasteiger charge is 2.18. The molecule has 2 aromatic carbocycles. The highest BCUT2D eigenvalue weighted by Crippen LogP contribution is 2.30. The van der Waals surface area contributed by atoms with E-state index in [2.05, 4.69) is 32.2 Å². The van der Waals surface area contributed by atoms with Crippen LogP contribution in [0.3, 0.4) is 0 Å². The topological polar surface area (TPSA) is 47.6 Å². The van der Waals surface area contributed by atoms with Crippen molar-refractivity contribution >= 4 is 5.91 Å². The average Bonchev–Trinajstić information content (AvgIpc) is 2.64. The maximum Gasteiger partial charge on any atom is 0.257 e. The number of amides is 1. The van der Waals surface area contributed by atoms with Crippen molar-refractivity contribution in [1.82, 2.24) is 5.32 Å². The van der Waals surface area contributed by atoms with Gasteiger partial charge in [-0.15, -0.1) is 0 Å². The van der Waals surface area contributed by atoms with Crippen molar-refractivity contribution < 1.29 is 14.3 Å². The van der Waals surface area contributed by atoms with E-state index in [0.717, 1.165) is 29.9 Å². The van der Waals surface area contributed by atoms with Crippen molar-refractivity contribution in [2.75, 3.05) is 19.8 Å². The van der Waals surface area contributed by atoms with Crippen LogP contribution < -0.4 is 14.8 Å². The summed E-state index contributed by atoms with van der Waals surface area (Å²) in [6.07, 6.45) is 1.72. The number of aryl methyl sites for hydroxylation is 1. The van der Waals surface area contributed by atoms with Crippen molar-refractivity contribution in [2.45, 2.75) is 46.0 Å². The van der Waals surface area contributed by atoms with Gasteiger partial charge in [-0.1, -0.05) is 57.2 Å². The number of benzene rings is 2. The number of para-hydroxylation sites is 2. The van der Waals surface area contributed by atoms with Crippen LogP contribution in [0, 0.1) is 0 Å². The first-order valence-corrected chi connectivity index (χ1v) is 9.61. The normalized spacial score (nSPS) is 11.1. The zero-order valence-corrected chi connectivity index (χ0v) is 16.9. The van der Waals surface area contributed by atoms with Gasteiger partial charge < -0.3 is 14.8 Å². The minimum absolute atomic E-state index is 0.0268. The molecule has 1 N–H and O–H groups in total. The zero-order chi connectivity index (χ0) is 19.7. The van der Waals surface area contributed by atoms with E-state index in [9.17, 15) is 4.79 Å². The molecule has 0 fully saturated rings. The molecule has 0 spiro atoms. The molecule has 4 heteroatoms. The lowest BCUT2D eigenvalue weighted by atomic mass is 9.86. The van der Waals surface area contributed by atoms with Gasteiger partial charge in [0.1, 0.15) is 11.5 Å². The van der Waals surface area contributed by atoms with Crippen LogP contribution in [0.25, 0.3) is 0 Å². The number of rotatable bonds is 9. The molecule has 0 bridgehead atoms. The predicted octanol–water partition coefficient (Wildman–Crippen LogP) is 4.51. The second-order valence-electron chi connectivity index (χ2n) is 7.53. The molecule has 0 saturated heterocycles. The fourth-order valence-corrected chi connectivity index (χ4v) is 2.92. The number of carbonyl (C=O) groups is 1. The molecule has 4 nitrogen and oxygen atoms in total. The molecule has 2 aromatic rings. The quantitative estimate of drug-likeness (QED) is 0.662. The maximum absolute atomic E-state index is 12.1. The van der Waals surface area contributed by atoms with E-state index >= 15 is 0 Å². The number of nitrogens with one attached hydrogen (secondary N) is 1. The third-order valence-corrected chi connectivity index (χ3v) is 4.27. The lowest BCUT2D eigenvalue weighted by molar-refractivity contribution is -0.123. The van der Waals surface area contributed by atoms with Crippen molar-refractivity contribution in [3.8, 4) is 11.5 Å². The third kappa shape index (κ3) is 6.63. The van der Waals surface area contributed by atoms with Crippen LogP contribution in [0.15, 0.2) is 48.5 Å². The van der Waals surface area contributed by atoms with Gasteiger partial charge in [0.2, 0.25) is 0 Å². The van der Waals surface area contributed by atoms with Gasteiger partial charge in [-0.05, 0) is 48.4 Å². The van der Waals surface area contributed by atoms with Gasteiger partial charge in [0.25, 0.3) is 5.91 Å².